The van der Waals surface area contributed by atoms with E-state index in [2.05, 4.69) is 0 Å². The molecule has 0 fully saturated rings. The summed E-state index contributed by atoms with van der Waals surface area (Å²) in [4.78, 5) is 26.2. The summed E-state index contributed by atoms with van der Waals surface area (Å²) in [6.45, 7) is 4.58. The highest BCUT2D eigenvalue weighted by Gasteiger charge is 2.40. The predicted molar refractivity (Wildman–Crippen MR) is 102 cm³/mol. The third-order valence-corrected chi connectivity index (χ3v) is 5.45. The van der Waals surface area contributed by atoms with Crippen molar-refractivity contribution in [3.8, 4) is 5.75 Å². The van der Waals surface area contributed by atoms with Gasteiger partial charge in [0.1, 0.15) is 11.7 Å². The molecule has 2 aromatic rings. The Morgan fingerprint density at radius 3 is 2.54 bits per heavy atom. The lowest BCUT2D eigenvalue weighted by molar-refractivity contribution is -0.151. The average molecular weight is 370 g/mol. The summed E-state index contributed by atoms with van der Waals surface area (Å²) in [5.41, 5.74) is 1.92. The summed E-state index contributed by atoms with van der Waals surface area (Å²) >= 11 is 1.57. The fourth-order valence-electron chi connectivity index (χ4n) is 3.29. The molecule has 1 heterocycles. The van der Waals surface area contributed by atoms with E-state index in [9.17, 15) is 9.59 Å². The van der Waals surface area contributed by atoms with Gasteiger partial charge in [0.05, 0.1) is 13.2 Å². The van der Waals surface area contributed by atoms with Gasteiger partial charge >= 0.3 is 5.97 Å². The summed E-state index contributed by atoms with van der Waals surface area (Å²) in [5, 5.41) is 1.97. The Kier molecular flexibility index (Phi) is 5.89. The number of esters is 1. The molecule has 0 radical (unpaired) electrons. The molecule has 26 heavy (non-hydrogen) atoms. The van der Waals surface area contributed by atoms with Gasteiger partial charge in [0.2, 0.25) is 0 Å². The molecule has 0 bridgehead atoms. The Morgan fingerprint density at radius 2 is 1.92 bits per heavy atom. The molecule has 2 atom stereocenters. The highest BCUT2D eigenvalue weighted by atomic mass is 32.1. The van der Waals surface area contributed by atoms with Crippen LogP contribution in [0.15, 0.2) is 47.9 Å². The van der Waals surface area contributed by atoms with Crippen molar-refractivity contribution in [2.75, 3.05) is 13.2 Å². The molecule has 0 amide bonds. The number of ether oxygens (including phenoxy) is 2. The fraction of sp³-hybridized carbons (Fsp3) is 0.333. The second-order valence-corrected chi connectivity index (χ2v) is 7.06. The van der Waals surface area contributed by atoms with E-state index in [-0.39, 0.29) is 18.3 Å². The van der Waals surface area contributed by atoms with Crippen molar-refractivity contribution in [3.05, 3.63) is 58.3 Å². The van der Waals surface area contributed by atoms with Crippen LogP contribution in [0, 0.1) is 5.92 Å². The molecular formula is C21H22O4S. The minimum atomic E-state index is -0.764. The molecule has 0 saturated carbocycles. The van der Waals surface area contributed by atoms with Gasteiger partial charge in [-0.3, -0.25) is 9.59 Å². The Hall–Kier alpha value is -2.40. The quantitative estimate of drug-likeness (QED) is 0.556. The molecule has 3 rings (SSSR count). The van der Waals surface area contributed by atoms with E-state index in [0.717, 1.165) is 21.8 Å². The van der Waals surface area contributed by atoms with Crippen molar-refractivity contribution in [1.82, 2.24) is 0 Å². The van der Waals surface area contributed by atoms with E-state index in [1.807, 2.05) is 48.7 Å². The Morgan fingerprint density at radius 1 is 1.15 bits per heavy atom. The highest BCUT2D eigenvalue weighted by molar-refractivity contribution is 7.10. The van der Waals surface area contributed by atoms with Gasteiger partial charge in [-0.2, -0.15) is 0 Å². The molecule has 0 saturated heterocycles. The minimum absolute atomic E-state index is 0.183. The van der Waals surface area contributed by atoms with E-state index < -0.39 is 11.9 Å². The summed E-state index contributed by atoms with van der Waals surface area (Å²) in [5.74, 6) is -0.763. The van der Waals surface area contributed by atoms with Crippen molar-refractivity contribution in [2.45, 2.75) is 26.2 Å². The van der Waals surface area contributed by atoms with Crippen LogP contribution in [0.4, 0.5) is 0 Å². The summed E-state index contributed by atoms with van der Waals surface area (Å²) in [6.07, 6.45) is 2.23. The molecule has 0 spiro atoms. The summed E-state index contributed by atoms with van der Waals surface area (Å²) in [7, 11) is 0. The zero-order chi connectivity index (χ0) is 18.5. The molecule has 0 aliphatic heterocycles. The molecule has 5 heteroatoms. The fourth-order valence-corrected chi connectivity index (χ4v) is 4.15. The van der Waals surface area contributed by atoms with Crippen LogP contribution in [0.1, 0.15) is 36.6 Å². The molecule has 1 aromatic carbocycles. The number of benzene rings is 1. The molecule has 2 unspecified atom stereocenters. The van der Waals surface area contributed by atoms with Gasteiger partial charge in [-0.25, -0.2) is 0 Å². The third kappa shape index (κ3) is 3.88. The molecule has 136 valence electrons. The number of hydrogen-bond acceptors (Lipinski definition) is 5. The number of rotatable bonds is 6. The van der Waals surface area contributed by atoms with Crippen LogP contribution in [0.25, 0.3) is 5.57 Å². The van der Waals surface area contributed by atoms with Gasteiger partial charge in [-0.05, 0) is 61.1 Å². The van der Waals surface area contributed by atoms with Crippen LogP contribution in [-0.2, 0) is 14.3 Å². The number of thiophene rings is 1. The Labute approximate surface area is 157 Å². The van der Waals surface area contributed by atoms with Crippen molar-refractivity contribution in [1.29, 1.82) is 0 Å². The van der Waals surface area contributed by atoms with Gasteiger partial charge in [0, 0.05) is 10.8 Å². The van der Waals surface area contributed by atoms with E-state index in [4.69, 9.17) is 9.47 Å². The van der Waals surface area contributed by atoms with Crippen LogP contribution in [-0.4, -0.2) is 25.0 Å². The number of allylic oxidation sites excluding steroid dienone is 2. The molecule has 1 aliphatic carbocycles. The molecule has 4 nitrogen and oxygen atoms in total. The van der Waals surface area contributed by atoms with Gasteiger partial charge < -0.3 is 9.47 Å². The molecular weight excluding hydrogens is 348 g/mol. The molecule has 1 aliphatic rings. The largest absolute Gasteiger partial charge is 0.494 e. The average Bonchev–Trinajstić information content (AvgIpc) is 3.16. The SMILES string of the molecule is CCOC(=O)C1C(=O)C=C(c2ccc(OCC)cc2)CC1c1cccs1. The molecule has 1 aromatic heterocycles. The maximum Gasteiger partial charge on any atom is 0.317 e. The lowest BCUT2D eigenvalue weighted by Crippen LogP contribution is -2.33. The van der Waals surface area contributed by atoms with Gasteiger partial charge in [0.15, 0.2) is 5.78 Å². The first kappa shape index (κ1) is 18.4. The lowest BCUT2D eigenvalue weighted by Gasteiger charge is -2.28. The van der Waals surface area contributed by atoms with Crippen LogP contribution >= 0.6 is 11.3 Å². The summed E-state index contributed by atoms with van der Waals surface area (Å²) in [6, 6.07) is 11.7. The lowest BCUT2D eigenvalue weighted by atomic mass is 9.76. The number of ketones is 1. The van der Waals surface area contributed by atoms with Crippen molar-refractivity contribution < 1.29 is 19.1 Å². The first-order chi connectivity index (χ1) is 12.6. The zero-order valence-corrected chi connectivity index (χ0v) is 15.8. The van der Waals surface area contributed by atoms with Crippen molar-refractivity contribution in [2.24, 2.45) is 5.92 Å². The van der Waals surface area contributed by atoms with Gasteiger partial charge in [0.25, 0.3) is 0 Å². The van der Waals surface area contributed by atoms with E-state index >= 15 is 0 Å². The smallest absolute Gasteiger partial charge is 0.317 e. The second kappa shape index (κ2) is 8.32. The van der Waals surface area contributed by atoms with E-state index in [0.29, 0.717) is 13.0 Å². The van der Waals surface area contributed by atoms with E-state index in [1.54, 1.807) is 24.3 Å². The first-order valence-corrected chi connectivity index (χ1v) is 9.69. The zero-order valence-electron chi connectivity index (χ0n) is 14.9. The van der Waals surface area contributed by atoms with Gasteiger partial charge in [-0.1, -0.05) is 18.2 Å². The predicted octanol–water partition coefficient (Wildman–Crippen LogP) is 4.47. The topological polar surface area (TPSA) is 52.6 Å². The standard InChI is InChI=1S/C21H22O4S/c1-3-24-16-9-7-14(8-10-16)15-12-17(19-6-5-11-26-19)20(18(22)13-15)21(23)25-4-2/h5-11,13,17,20H,3-4,12H2,1-2H3. The highest BCUT2D eigenvalue weighted by Crippen LogP contribution is 2.42. The number of carbonyl (C=O) groups excluding carboxylic acids is 2. The Bertz CT molecular complexity index is 790. The normalized spacial score (nSPS) is 19.8. The van der Waals surface area contributed by atoms with E-state index in [1.165, 1.54) is 0 Å². The number of carbonyl (C=O) groups is 2. The Balaban J connectivity index is 1.92. The van der Waals surface area contributed by atoms with Crippen LogP contribution in [0.5, 0.6) is 5.75 Å². The van der Waals surface area contributed by atoms with Crippen LogP contribution < -0.4 is 4.74 Å². The second-order valence-electron chi connectivity index (χ2n) is 6.09. The maximum absolute atomic E-state index is 12.8. The number of hydrogen-bond donors (Lipinski definition) is 0. The monoisotopic (exact) mass is 370 g/mol. The summed E-state index contributed by atoms with van der Waals surface area (Å²) < 4.78 is 10.6. The first-order valence-electron chi connectivity index (χ1n) is 8.81. The molecule has 0 N–H and O–H groups in total. The third-order valence-electron chi connectivity index (χ3n) is 4.45. The maximum atomic E-state index is 12.8. The van der Waals surface area contributed by atoms with Gasteiger partial charge in [-0.15, -0.1) is 11.3 Å². The van der Waals surface area contributed by atoms with Crippen molar-refractivity contribution in [3.63, 3.8) is 0 Å². The van der Waals surface area contributed by atoms with Crippen LogP contribution in [0.3, 0.4) is 0 Å². The van der Waals surface area contributed by atoms with Crippen molar-refractivity contribution >= 4 is 28.7 Å². The minimum Gasteiger partial charge on any atom is -0.494 e. The van der Waals surface area contributed by atoms with Crippen LogP contribution in [0.2, 0.25) is 0 Å².